The van der Waals surface area contributed by atoms with E-state index >= 15 is 0 Å². The van der Waals surface area contributed by atoms with Gasteiger partial charge in [0.2, 0.25) is 0 Å². The summed E-state index contributed by atoms with van der Waals surface area (Å²) in [6, 6.07) is 0.778. The van der Waals surface area contributed by atoms with Crippen LogP contribution in [0.1, 0.15) is 12.8 Å². The molecule has 1 unspecified atom stereocenters. The van der Waals surface area contributed by atoms with E-state index in [1.54, 1.807) is 0 Å². The number of piperidine rings is 1. The maximum Gasteiger partial charge on any atom is 0.0594 e. The fourth-order valence-corrected chi connectivity index (χ4v) is 2.96. The van der Waals surface area contributed by atoms with Crippen molar-refractivity contribution in [2.24, 2.45) is 0 Å². The Kier molecular flexibility index (Phi) is 4.10. The van der Waals surface area contributed by atoms with Crippen LogP contribution in [0.5, 0.6) is 0 Å². The number of hydrogen-bond donors (Lipinski definition) is 0. The summed E-state index contributed by atoms with van der Waals surface area (Å²) >= 11 is 1.89. The van der Waals surface area contributed by atoms with Crippen LogP contribution in [0, 0.1) is 0 Å². The molecular formula is C10H20N2OS. The first-order valence-corrected chi connectivity index (χ1v) is 6.69. The van der Waals surface area contributed by atoms with E-state index in [0.29, 0.717) is 0 Å². The highest BCUT2D eigenvalue weighted by atomic mass is 32.2. The molecule has 2 rings (SSSR count). The first-order chi connectivity index (χ1) is 6.90. The molecule has 0 amide bonds. The quantitative estimate of drug-likeness (QED) is 0.641. The van der Waals surface area contributed by atoms with Gasteiger partial charge in [-0.3, -0.25) is 4.90 Å². The van der Waals surface area contributed by atoms with Crippen molar-refractivity contribution < 1.29 is 4.74 Å². The van der Waals surface area contributed by atoms with Crippen LogP contribution < -0.4 is 0 Å². The van der Waals surface area contributed by atoms with Crippen molar-refractivity contribution >= 4 is 11.9 Å². The minimum Gasteiger partial charge on any atom is -0.379 e. The summed E-state index contributed by atoms with van der Waals surface area (Å²) in [6.45, 7) is 6.62. The van der Waals surface area contributed by atoms with Crippen molar-refractivity contribution in [1.82, 2.24) is 9.21 Å². The van der Waals surface area contributed by atoms with E-state index in [-0.39, 0.29) is 0 Å². The molecule has 0 saturated carbocycles. The van der Waals surface area contributed by atoms with Gasteiger partial charge >= 0.3 is 0 Å². The summed E-state index contributed by atoms with van der Waals surface area (Å²) in [4.78, 5) is 2.60. The van der Waals surface area contributed by atoms with Gasteiger partial charge in [-0.05, 0) is 19.1 Å². The van der Waals surface area contributed by atoms with Gasteiger partial charge in [0.05, 0.1) is 13.2 Å². The van der Waals surface area contributed by atoms with Gasteiger partial charge in [-0.25, -0.2) is 4.31 Å². The van der Waals surface area contributed by atoms with E-state index in [1.165, 1.54) is 25.9 Å². The lowest BCUT2D eigenvalue weighted by molar-refractivity contribution is 0.00612. The topological polar surface area (TPSA) is 15.7 Å². The molecule has 2 saturated heterocycles. The molecule has 0 bridgehead atoms. The molecule has 4 heteroatoms. The van der Waals surface area contributed by atoms with E-state index < -0.39 is 0 Å². The molecule has 2 aliphatic rings. The van der Waals surface area contributed by atoms with Crippen LogP contribution in [0.15, 0.2) is 0 Å². The molecule has 0 aliphatic carbocycles. The molecule has 2 heterocycles. The largest absolute Gasteiger partial charge is 0.379 e. The zero-order valence-corrected chi connectivity index (χ0v) is 9.76. The molecule has 82 valence electrons. The number of morpholine rings is 1. The Bertz CT molecular complexity index is 174. The zero-order chi connectivity index (χ0) is 9.80. The summed E-state index contributed by atoms with van der Waals surface area (Å²) in [5, 5.41) is 0. The number of ether oxygens (including phenoxy) is 1. The molecule has 14 heavy (non-hydrogen) atoms. The van der Waals surface area contributed by atoms with Gasteiger partial charge in [-0.2, -0.15) is 0 Å². The summed E-state index contributed by atoms with van der Waals surface area (Å²) in [5.41, 5.74) is 0. The fourth-order valence-electron chi connectivity index (χ4n) is 2.33. The lowest BCUT2D eigenvalue weighted by Crippen LogP contribution is -2.50. The highest BCUT2D eigenvalue weighted by molar-refractivity contribution is 7.96. The predicted molar refractivity (Wildman–Crippen MR) is 60.5 cm³/mol. The third-order valence-corrected chi connectivity index (χ3v) is 4.03. The molecule has 1 atom stereocenters. The van der Waals surface area contributed by atoms with Crippen molar-refractivity contribution in [1.29, 1.82) is 0 Å². The van der Waals surface area contributed by atoms with Crippen molar-refractivity contribution in [2.75, 3.05) is 45.6 Å². The second-order valence-electron chi connectivity index (χ2n) is 4.01. The number of rotatable bonds is 2. The summed E-state index contributed by atoms with van der Waals surface area (Å²) < 4.78 is 7.87. The average Bonchev–Trinajstić information content (AvgIpc) is 2.30. The molecule has 3 nitrogen and oxygen atoms in total. The Morgan fingerprint density at radius 3 is 2.71 bits per heavy atom. The second-order valence-corrected chi connectivity index (χ2v) is 4.90. The zero-order valence-electron chi connectivity index (χ0n) is 8.95. The smallest absolute Gasteiger partial charge is 0.0594 e. The summed E-state index contributed by atoms with van der Waals surface area (Å²) in [6.07, 6.45) is 4.90. The van der Waals surface area contributed by atoms with Crippen LogP contribution in [-0.2, 0) is 4.74 Å². The minimum absolute atomic E-state index is 0.778. The van der Waals surface area contributed by atoms with E-state index in [1.807, 2.05) is 11.9 Å². The van der Waals surface area contributed by atoms with Gasteiger partial charge in [0.25, 0.3) is 0 Å². The Labute approximate surface area is 90.9 Å². The maximum atomic E-state index is 5.38. The molecule has 0 spiro atoms. The number of hydrogen-bond acceptors (Lipinski definition) is 4. The molecule has 0 aromatic carbocycles. The monoisotopic (exact) mass is 216 g/mol. The van der Waals surface area contributed by atoms with Crippen molar-refractivity contribution in [3.05, 3.63) is 0 Å². The molecule has 0 N–H and O–H groups in total. The van der Waals surface area contributed by atoms with Crippen molar-refractivity contribution in [2.45, 2.75) is 18.9 Å². The van der Waals surface area contributed by atoms with E-state index in [4.69, 9.17) is 4.74 Å². The lowest BCUT2D eigenvalue weighted by atomic mass is 10.1. The van der Waals surface area contributed by atoms with Gasteiger partial charge in [0.1, 0.15) is 0 Å². The maximum absolute atomic E-state index is 5.38. The first-order valence-electron chi connectivity index (χ1n) is 5.51. The summed E-state index contributed by atoms with van der Waals surface area (Å²) in [5.74, 6) is 0. The van der Waals surface area contributed by atoms with E-state index in [9.17, 15) is 0 Å². The Hall–Kier alpha value is 0.230. The van der Waals surface area contributed by atoms with Crippen LogP contribution >= 0.6 is 11.9 Å². The van der Waals surface area contributed by atoms with Crippen molar-refractivity contribution in [3.8, 4) is 0 Å². The van der Waals surface area contributed by atoms with Crippen LogP contribution in [0.25, 0.3) is 0 Å². The van der Waals surface area contributed by atoms with Gasteiger partial charge in [-0.15, -0.1) is 0 Å². The average molecular weight is 216 g/mol. The van der Waals surface area contributed by atoms with Gasteiger partial charge < -0.3 is 4.74 Å². The minimum atomic E-state index is 0.778. The highest BCUT2D eigenvalue weighted by Gasteiger charge is 2.25. The second kappa shape index (κ2) is 5.35. The third kappa shape index (κ3) is 2.63. The summed E-state index contributed by atoms with van der Waals surface area (Å²) in [7, 11) is 0. The van der Waals surface area contributed by atoms with Gasteiger partial charge in [0.15, 0.2) is 0 Å². The molecule has 0 aromatic heterocycles. The van der Waals surface area contributed by atoms with Crippen molar-refractivity contribution in [3.63, 3.8) is 0 Å². The first kappa shape index (κ1) is 10.7. The van der Waals surface area contributed by atoms with Crippen LogP contribution in [0.2, 0.25) is 0 Å². The molecule has 2 fully saturated rings. The molecule has 2 aliphatic heterocycles. The Morgan fingerprint density at radius 1 is 1.21 bits per heavy atom. The predicted octanol–water partition coefficient (Wildman–Crippen LogP) is 1.06. The van der Waals surface area contributed by atoms with Crippen LogP contribution in [0.4, 0.5) is 0 Å². The molecule has 0 radical (unpaired) electrons. The Balaban J connectivity index is 1.83. The lowest BCUT2D eigenvalue weighted by Gasteiger charge is -2.40. The van der Waals surface area contributed by atoms with E-state index in [0.717, 1.165) is 32.3 Å². The van der Waals surface area contributed by atoms with Crippen LogP contribution in [-0.4, -0.2) is 60.9 Å². The van der Waals surface area contributed by atoms with Gasteiger partial charge in [-0.1, -0.05) is 11.9 Å². The highest BCUT2D eigenvalue weighted by Crippen LogP contribution is 2.20. The van der Waals surface area contributed by atoms with Crippen LogP contribution in [0.3, 0.4) is 0 Å². The standard InChI is InChI=1S/C10H20N2OS/c1-14-12-4-2-3-10(9-12)11-5-7-13-8-6-11/h10H,2-9H2,1H3. The Morgan fingerprint density at radius 2 is 2.00 bits per heavy atom. The third-order valence-electron chi connectivity index (χ3n) is 3.18. The fraction of sp³-hybridized carbons (Fsp3) is 1.00. The van der Waals surface area contributed by atoms with E-state index in [2.05, 4.69) is 15.5 Å². The normalized spacial score (nSPS) is 31.9. The van der Waals surface area contributed by atoms with Gasteiger partial charge in [0, 0.05) is 32.2 Å². The number of nitrogens with zero attached hydrogens (tertiary/aromatic N) is 2. The molecule has 0 aromatic rings. The SMILES string of the molecule is CSN1CCCC(N2CCOCC2)C1. The molecular weight excluding hydrogens is 196 g/mol.